The van der Waals surface area contributed by atoms with Crippen molar-refractivity contribution in [1.29, 1.82) is 5.26 Å². The Morgan fingerprint density at radius 1 is 1.56 bits per heavy atom. The molecule has 0 aliphatic rings. The summed E-state index contributed by atoms with van der Waals surface area (Å²) in [6.07, 6.45) is 0. The van der Waals surface area contributed by atoms with Crippen LogP contribution < -0.4 is 4.74 Å². The molecule has 5 heteroatoms. The van der Waals surface area contributed by atoms with Gasteiger partial charge in [-0.05, 0) is 35.8 Å². The smallest absolute Gasteiger partial charge is 0.169 e. The number of halogens is 2. The van der Waals surface area contributed by atoms with Crippen molar-refractivity contribution >= 4 is 15.9 Å². The molecule has 0 saturated heterocycles. The Bertz CT molecular complexity index is 466. The molecule has 1 rings (SSSR count). The number of hydrogen-bond donors (Lipinski definition) is 1. The number of benzene rings is 1. The summed E-state index contributed by atoms with van der Waals surface area (Å²) in [7, 11) is 1.40. The molecule has 1 aromatic carbocycles. The van der Waals surface area contributed by atoms with Gasteiger partial charge in [0.1, 0.15) is 10.2 Å². The van der Waals surface area contributed by atoms with Crippen molar-refractivity contribution < 1.29 is 14.2 Å². The van der Waals surface area contributed by atoms with Gasteiger partial charge in [0.2, 0.25) is 0 Å². The normalized spacial score (nSPS) is 11.0. The second-order valence-corrected chi connectivity index (χ2v) is 4.63. The highest BCUT2D eigenvalue weighted by atomic mass is 79.9. The summed E-state index contributed by atoms with van der Waals surface area (Å²) in [5.41, 5.74) is -0.512. The first kappa shape index (κ1) is 12.8. The van der Waals surface area contributed by atoms with Gasteiger partial charge in [0, 0.05) is 5.56 Å². The molecule has 0 aromatic heterocycles. The topological polar surface area (TPSA) is 53.2 Å². The lowest BCUT2D eigenvalue weighted by atomic mass is 9.85. The van der Waals surface area contributed by atoms with Gasteiger partial charge in [-0.25, -0.2) is 4.39 Å². The third-order valence-electron chi connectivity index (χ3n) is 2.31. The first-order chi connectivity index (χ1) is 7.35. The number of hydrogen-bond acceptors (Lipinski definition) is 3. The Morgan fingerprint density at radius 3 is 2.56 bits per heavy atom. The van der Waals surface area contributed by atoms with E-state index in [1.54, 1.807) is 13.8 Å². The van der Waals surface area contributed by atoms with Crippen LogP contribution in [-0.4, -0.2) is 12.2 Å². The van der Waals surface area contributed by atoms with Crippen LogP contribution in [0.4, 0.5) is 4.39 Å². The van der Waals surface area contributed by atoms with Crippen LogP contribution in [0.25, 0.3) is 0 Å². The maximum absolute atomic E-state index is 13.4. The molecule has 0 unspecified atom stereocenters. The third kappa shape index (κ3) is 1.98. The molecule has 0 spiro atoms. The van der Waals surface area contributed by atoms with Gasteiger partial charge in [-0.1, -0.05) is 0 Å². The minimum Gasteiger partial charge on any atom is -0.504 e. The van der Waals surface area contributed by atoms with Crippen molar-refractivity contribution in [3.63, 3.8) is 0 Å². The maximum atomic E-state index is 13.4. The molecule has 0 amide bonds. The predicted molar refractivity (Wildman–Crippen MR) is 61.0 cm³/mol. The fourth-order valence-corrected chi connectivity index (χ4v) is 1.88. The predicted octanol–water partition coefficient (Wildman–Crippen LogP) is 3.10. The molecule has 1 aromatic rings. The number of nitrogens with zero attached hydrogens (tertiary/aromatic N) is 1. The number of phenols is 1. The van der Waals surface area contributed by atoms with Crippen molar-refractivity contribution in [3.05, 3.63) is 21.9 Å². The monoisotopic (exact) mass is 287 g/mol. The molecule has 86 valence electrons. The fourth-order valence-electron chi connectivity index (χ4n) is 1.32. The van der Waals surface area contributed by atoms with E-state index in [0.29, 0.717) is 5.56 Å². The van der Waals surface area contributed by atoms with Crippen LogP contribution in [0.2, 0.25) is 0 Å². The van der Waals surface area contributed by atoms with Crippen molar-refractivity contribution in [2.24, 2.45) is 0 Å². The molecule has 0 atom stereocenters. The number of ether oxygens (including phenoxy) is 1. The molecular weight excluding hydrogens is 277 g/mol. The van der Waals surface area contributed by atoms with Crippen molar-refractivity contribution in [3.8, 4) is 17.6 Å². The Labute approximate surface area is 102 Å². The van der Waals surface area contributed by atoms with E-state index >= 15 is 0 Å². The Hall–Kier alpha value is -1.28. The standard InChI is InChI=1S/C11H11BrFNO2/c1-11(2,5-14)6-4-7(13)9(15)8(12)10(6)16-3/h4,15H,1-3H3. The van der Waals surface area contributed by atoms with E-state index in [1.807, 2.05) is 0 Å². The highest BCUT2D eigenvalue weighted by molar-refractivity contribution is 9.10. The summed E-state index contributed by atoms with van der Waals surface area (Å²) in [6, 6.07) is 3.17. The van der Waals surface area contributed by atoms with Crippen LogP contribution in [0.1, 0.15) is 19.4 Å². The number of rotatable bonds is 2. The molecule has 0 saturated carbocycles. The molecule has 0 aliphatic carbocycles. The van der Waals surface area contributed by atoms with Crippen molar-refractivity contribution in [2.45, 2.75) is 19.3 Å². The number of aromatic hydroxyl groups is 1. The van der Waals surface area contributed by atoms with E-state index in [1.165, 1.54) is 7.11 Å². The summed E-state index contributed by atoms with van der Waals surface area (Å²) in [5, 5.41) is 18.4. The first-order valence-electron chi connectivity index (χ1n) is 4.51. The first-order valence-corrected chi connectivity index (χ1v) is 5.31. The molecule has 3 nitrogen and oxygen atoms in total. The molecule has 0 bridgehead atoms. The largest absolute Gasteiger partial charge is 0.504 e. The van der Waals surface area contributed by atoms with Crippen LogP contribution in [0.5, 0.6) is 11.5 Å². The van der Waals surface area contributed by atoms with Gasteiger partial charge >= 0.3 is 0 Å². The SMILES string of the molecule is COc1c(C(C)(C)C#N)cc(F)c(O)c1Br. The highest BCUT2D eigenvalue weighted by Crippen LogP contribution is 2.43. The fraction of sp³-hybridized carbons (Fsp3) is 0.364. The van der Waals surface area contributed by atoms with E-state index in [4.69, 9.17) is 10.00 Å². The summed E-state index contributed by atoms with van der Waals surface area (Å²) in [6.45, 7) is 3.29. The second-order valence-electron chi connectivity index (χ2n) is 3.84. The average molecular weight is 288 g/mol. The number of phenolic OH excluding ortho intramolecular Hbond substituents is 1. The molecule has 0 heterocycles. The zero-order valence-electron chi connectivity index (χ0n) is 9.14. The van der Waals surface area contributed by atoms with Gasteiger partial charge in [0.15, 0.2) is 11.6 Å². The quantitative estimate of drug-likeness (QED) is 0.909. The lowest BCUT2D eigenvalue weighted by molar-refractivity contribution is 0.381. The Morgan fingerprint density at radius 2 is 2.12 bits per heavy atom. The summed E-state index contributed by atoms with van der Waals surface area (Å²) in [4.78, 5) is 0. The van der Waals surface area contributed by atoms with Gasteiger partial charge in [0.25, 0.3) is 0 Å². The molecular formula is C11H11BrFNO2. The third-order valence-corrected chi connectivity index (χ3v) is 3.04. The maximum Gasteiger partial charge on any atom is 0.169 e. The molecule has 0 radical (unpaired) electrons. The summed E-state index contributed by atoms with van der Waals surface area (Å²) in [5.74, 6) is -1.04. The van der Waals surface area contributed by atoms with Crippen molar-refractivity contribution in [1.82, 2.24) is 0 Å². The van der Waals surface area contributed by atoms with Crippen molar-refractivity contribution in [2.75, 3.05) is 7.11 Å². The molecule has 0 aliphatic heterocycles. The minimum absolute atomic E-state index is 0.119. The molecule has 16 heavy (non-hydrogen) atoms. The van der Waals surface area contributed by atoms with Crippen LogP contribution in [0, 0.1) is 17.1 Å². The van der Waals surface area contributed by atoms with Crippen LogP contribution in [0.3, 0.4) is 0 Å². The van der Waals surface area contributed by atoms with Gasteiger partial charge in [-0.2, -0.15) is 5.26 Å². The zero-order chi connectivity index (χ0) is 12.5. The van der Waals surface area contributed by atoms with E-state index in [9.17, 15) is 9.50 Å². The Kier molecular flexibility index (Phi) is 3.44. The number of nitriles is 1. The van der Waals surface area contributed by atoms with Crippen LogP contribution in [-0.2, 0) is 5.41 Å². The minimum atomic E-state index is -0.900. The molecule has 0 fully saturated rings. The highest BCUT2D eigenvalue weighted by Gasteiger charge is 2.28. The molecule has 1 N–H and O–H groups in total. The van der Waals surface area contributed by atoms with E-state index in [2.05, 4.69) is 22.0 Å². The number of methoxy groups -OCH3 is 1. The summed E-state index contributed by atoms with van der Waals surface area (Å²) < 4.78 is 18.6. The zero-order valence-corrected chi connectivity index (χ0v) is 10.7. The average Bonchev–Trinajstić information content (AvgIpc) is 2.25. The van der Waals surface area contributed by atoms with Gasteiger partial charge < -0.3 is 9.84 Å². The van der Waals surface area contributed by atoms with E-state index in [-0.39, 0.29) is 10.2 Å². The van der Waals surface area contributed by atoms with E-state index in [0.717, 1.165) is 6.07 Å². The summed E-state index contributed by atoms with van der Waals surface area (Å²) >= 11 is 3.04. The van der Waals surface area contributed by atoms with E-state index < -0.39 is 17.0 Å². The van der Waals surface area contributed by atoms with Crippen LogP contribution in [0.15, 0.2) is 10.5 Å². The van der Waals surface area contributed by atoms with Gasteiger partial charge in [-0.15, -0.1) is 0 Å². The van der Waals surface area contributed by atoms with Crippen LogP contribution >= 0.6 is 15.9 Å². The van der Waals surface area contributed by atoms with Gasteiger partial charge in [-0.3, -0.25) is 0 Å². The lowest BCUT2D eigenvalue weighted by Crippen LogP contribution is -2.16. The lowest BCUT2D eigenvalue weighted by Gasteiger charge is -2.20. The van der Waals surface area contributed by atoms with Gasteiger partial charge in [0.05, 0.1) is 18.6 Å². The second kappa shape index (κ2) is 4.30. The Balaban J connectivity index is 3.59.